The average molecular weight is 472 g/mol. The number of sulfonamides is 1. The van der Waals surface area contributed by atoms with Crippen LogP contribution in [0.5, 0.6) is 5.75 Å². The molecule has 7 nitrogen and oxygen atoms in total. The summed E-state index contributed by atoms with van der Waals surface area (Å²) in [7, 11) is -2.16. The number of nitrogens with one attached hydrogen (secondary N) is 1. The van der Waals surface area contributed by atoms with Gasteiger partial charge < -0.3 is 10.1 Å². The van der Waals surface area contributed by atoms with E-state index < -0.39 is 10.0 Å². The molecule has 178 valence electrons. The summed E-state index contributed by atoms with van der Waals surface area (Å²) in [4.78, 5) is 15.7. The second-order valence-corrected chi connectivity index (χ2v) is 10.7. The average Bonchev–Trinajstić information content (AvgIpc) is 3.36. The monoisotopic (exact) mass is 471 g/mol. The Morgan fingerprint density at radius 1 is 0.939 bits per heavy atom. The molecule has 2 aliphatic heterocycles. The summed E-state index contributed by atoms with van der Waals surface area (Å²) in [5.74, 6) is 0.00830. The summed E-state index contributed by atoms with van der Waals surface area (Å²) in [6, 6.07) is 12.6. The molecule has 0 bridgehead atoms. The zero-order valence-corrected chi connectivity index (χ0v) is 20.1. The Hall–Kier alpha value is -2.42. The van der Waals surface area contributed by atoms with Crippen LogP contribution in [0, 0.1) is 0 Å². The van der Waals surface area contributed by atoms with Crippen molar-refractivity contribution in [1.29, 1.82) is 0 Å². The number of hydrogen-bond acceptors (Lipinski definition) is 5. The van der Waals surface area contributed by atoms with E-state index in [4.69, 9.17) is 4.74 Å². The van der Waals surface area contributed by atoms with Gasteiger partial charge in [0.2, 0.25) is 10.0 Å². The standard InChI is InChI=1S/C25H33N3O4S/c1-32-24-12-11-22(33(30,31)28-15-5-2-6-16-28)17-23(24)25(29)26-18-20-9-3-4-10-21(20)19-27-13-7-8-14-27/h3-4,9-12,17H,2,5-8,13-16,18-19H2,1H3,(H,26,29). The predicted octanol–water partition coefficient (Wildman–Crippen LogP) is 3.40. The molecule has 8 heteroatoms. The molecule has 2 fully saturated rings. The Labute approximate surface area is 196 Å². The molecule has 0 aliphatic carbocycles. The van der Waals surface area contributed by atoms with Gasteiger partial charge in [0.25, 0.3) is 5.91 Å². The highest BCUT2D eigenvalue weighted by Gasteiger charge is 2.27. The highest BCUT2D eigenvalue weighted by atomic mass is 32.2. The van der Waals surface area contributed by atoms with Crippen LogP contribution in [0.4, 0.5) is 0 Å². The lowest BCUT2D eigenvalue weighted by molar-refractivity contribution is 0.0947. The summed E-state index contributed by atoms with van der Waals surface area (Å²) in [6.07, 6.45) is 5.23. The lowest BCUT2D eigenvalue weighted by atomic mass is 10.1. The molecule has 2 aliphatic rings. The summed E-state index contributed by atoms with van der Waals surface area (Å²) >= 11 is 0. The minimum absolute atomic E-state index is 0.129. The molecule has 0 saturated carbocycles. The van der Waals surface area contributed by atoms with Crippen LogP contribution < -0.4 is 10.1 Å². The molecule has 0 spiro atoms. The van der Waals surface area contributed by atoms with E-state index in [1.165, 1.54) is 42.0 Å². The van der Waals surface area contributed by atoms with E-state index in [2.05, 4.69) is 16.3 Å². The van der Waals surface area contributed by atoms with Crippen LogP contribution in [-0.4, -0.2) is 56.8 Å². The number of carbonyl (C=O) groups excluding carboxylic acids is 1. The third kappa shape index (κ3) is 5.57. The molecule has 0 unspecified atom stereocenters. The number of nitrogens with zero attached hydrogens (tertiary/aromatic N) is 2. The number of ether oxygens (including phenoxy) is 1. The van der Waals surface area contributed by atoms with Gasteiger partial charge in [0.1, 0.15) is 5.75 Å². The van der Waals surface area contributed by atoms with Crippen molar-refractivity contribution < 1.29 is 17.9 Å². The molecule has 2 aromatic carbocycles. The van der Waals surface area contributed by atoms with Crippen molar-refractivity contribution in [2.75, 3.05) is 33.3 Å². The Kier molecular flexibility index (Phi) is 7.67. The smallest absolute Gasteiger partial charge is 0.255 e. The van der Waals surface area contributed by atoms with Crippen LogP contribution in [0.25, 0.3) is 0 Å². The number of likely N-dealkylation sites (tertiary alicyclic amines) is 1. The summed E-state index contributed by atoms with van der Waals surface area (Å²) in [5.41, 5.74) is 2.49. The van der Waals surface area contributed by atoms with E-state index >= 15 is 0 Å². The van der Waals surface area contributed by atoms with Gasteiger partial charge in [0.15, 0.2) is 0 Å². The van der Waals surface area contributed by atoms with E-state index in [9.17, 15) is 13.2 Å². The number of amides is 1. The van der Waals surface area contributed by atoms with Gasteiger partial charge in [-0.25, -0.2) is 8.42 Å². The van der Waals surface area contributed by atoms with Gasteiger partial charge in [0.05, 0.1) is 17.6 Å². The molecule has 33 heavy (non-hydrogen) atoms. The molecule has 2 heterocycles. The van der Waals surface area contributed by atoms with E-state index in [1.54, 1.807) is 6.07 Å². The molecule has 2 aromatic rings. The molecule has 0 atom stereocenters. The van der Waals surface area contributed by atoms with Crippen molar-refractivity contribution in [2.24, 2.45) is 0 Å². The molecule has 4 rings (SSSR count). The quantitative estimate of drug-likeness (QED) is 0.639. The first-order chi connectivity index (χ1) is 16.0. The zero-order valence-electron chi connectivity index (χ0n) is 19.3. The van der Waals surface area contributed by atoms with Crippen LogP contribution in [0.3, 0.4) is 0 Å². The maximum absolute atomic E-state index is 13.1. The van der Waals surface area contributed by atoms with Crippen molar-refractivity contribution in [2.45, 2.75) is 50.1 Å². The Morgan fingerprint density at radius 2 is 1.61 bits per heavy atom. The van der Waals surface area contributed by atoms with Gasteiger partial charge in [-0.1, -0.05) is 30.7 Å². The molecule has 0 aromatic heterocycles. The van der Waals surface area contributed by atoms with Crippen molar-refractivity contribution in [3.63, 3.8) is 0 Å². The molecule has 1 N–H and O–H groups in total. The SMILES string of the molecule is COc1ccc(S(=O)(=O)N2CCCCC2)cc1C(=O)NCc1ccccc1CN1CCCC1. The minimum atomic E-state index is -3.64. The van der Waals surface area contributed by atoms with Crippen LogP contribution in [0.2, 0.25) is 0 Å². The number of rotatable bonds is 8. The van der Waals surface area contributed by atoms with Gasteiger partial charge in [0, 0.05) is 26.2 Å². The van der Waals surface area contributed by atoms with Gasteiger partial charge in [-0.05, 0) is 68.1 Å². The van der Waals surface area contributed by atoms with Crippen molar-refractivity contribution in [3.8, 4) is 5.75 Å². The maximum atomic E-state index is 13.1. The predicted molar refractivity (Wildman–Crippen MR) is 128 cm³/mol. The minimum Gasteiger partial charge on any atom is -0.496 e. The van der Waals surface area contributed by atoms with Crippen molar-refractivity contribution >= 4 is 15.9 Å². The zero-order chi connectivity index (χ0) is 23.3. The van der Waals surface area contributed by atoms with E-state index in [0.717, 1.165) is 44.5 Å². The second kappa shape index (κ2) is 10.7. The number of hydrogen-bond donors (Lipinski definition) is 1. The first kappa shape index (κ1) is 23.7. The topological polar surface area (TPSA) is 79.0 Å². The van der Waals surface area contributed by atoms with Crippen molar-refractivity contribution in [1.82, 2.24) is 14.5 Å². The van der Waals surface area contributed by atoms with E-state index in [1.807, 2.05) is 18.2 Å². The second-order valence-electron chi connectivity index (χ2n) is 8.76. The van der Waals surface area contributed by atoms with E-state index in [-0.39, 0.29) is 16.4 Å². The lowest BCUT2D eigenvalue weighted by Crippen LogP contribution is -2.35. The van der Waals surface area contributed by atoms with Crippen molar-refractivity contribution in [3.05, 3.63) is 59.2 Å². The van der Waals surface area contributed by atoms with Crippen LogP contribution >= 0.6 is 0 Å². The summed E-state index contributed by atoms with van der Waals surface area (Å²) < 4.78 is 33.1. The van der Waals surface area contributed by atoms with Gasteiger partial charge in [-0.2, -0.15) is 4.31 Å². The van der Waals surface area contributed by atoms with Crippen LogP contribution in [-0.2, 0) is 23.1 Å². The lowest BCUT2D eigenvalue weighted by Gasteiger charge is -2.26. The maximum Gasteiger partial charge on any atom is 0.255 e. The number of benzene rings is 2. The molecular weight excluding hydrogens is 438 g/mol. The largest absolute Gasteiger partial charge is 0.496 e. The highest BCUT2D eigenvalue weighted by molar-refractivity contribution is 7.89. The first-order valence-corrected chi connectivity index (χ1v) is 13.2. The Morgan fingerprint density at radius 3 is 2.30 bits per heavy atom. The van der Waals surface area contributed by atoms with E-state index in [0.29, 0.717) is 25.4 Å². The summed E-state index contributed by atoms with van der Waals surface area (Å²) in [5, 5.41) is 2.97. The van der Waals surface area contributed by atoms with Crippen LogP contribution in [0.15, 0.2) is 47.4 Å². The first-order valence-electron chi connectivity index (χ1n) is 11.7. The number of piperidine rings is 1. The summed E-state index contributed by atoms with van der Waals surface area (Å²) in [6.45, 7) is 4.49. The van der Waals surface area contributed by atoms with Crippen LogP contribution in [0.1, 0.15) is 53.6 Å². The Bertz CT molecular complexity index is 1070. The fourth-order valence-corrected chi connectivity index (χ4v) is 6.16. The molecular formula is C25H33N3O4S. The third-order valence-corrected chi connectivity index (χ3v) is 8.41. The number of carbonyl (C=O) groups is 1. The van der Waals surface area contributed by atoms with Gasteiger partial charge in [-0.15, -0.1) is 0 Å². The fourth-order valence-electron chi connectivity index (χ4n) is 4.62. The molecule has 2 saturated heterocycles. The van der Waals surface area contributed by atoms with Gasteiger partial charge >= 0.3 is 0 Å². The normalized spacial score (nSPS) is 17.7. The number of methoxy groups -OCH3 is 1. The van der Waals surface area contributed by atoms with Gasteiger partial charge in [-0.3, -0.25) is 9.69 Å². The molecule has 1 amide bonds. The fraction of sp³-hybridized carbons (Fsp3) is 0.480. The molecule has 0 radical (unpaired) electrons. The Balaban J connectivity index is 1.51. The highest BCUT2D eigenvalue weighted by Crippen LogP contribution is 2.26. The third-order valence-electron chi connectivity index (χ3n) is 6.52.